The van der Waals surface area contributed by atoms with E-state index in [4.69, 9.17) is 10.00 Å². The van der Waals surface area contributed by atoms with Crippen LogP contribution in [0.4, 0.5) is 10.1 Å². The van der Waals surface area contributed by atoms with Crippen LogP contribution in [0.5, 0.6) is 0 Å². The van der Waals surface area contributed by atoms with E-state index in [-0.39, 0.29) is 5.56 Å². The topological polar surface area (TPSA) is 45.0 Å². The van der Waals surface area contributed by atoms with Crippen molar-refractivity contribution in [2.75, 3.05) is 25.6 Å². The van der Waals surface area contributed by atoms with Crippen molar-refractivity contribution >= 4 is 5.69 Å². The summed E-state index contributed by atoms with van der Waals surface area (Å²) in [4.78, 5) is 0. The highest BCUT2D eigenvalue weighted by Crippen LogP contribution is 2.17. The van der Waals surface area contributed by atoms with E-state index < -0.39 is 5.82 Å². The fraction of sp³-hybridized carbons (Fsp3) is 0.300. The van der Waals surface area contributed by atoms with Gasteiger partial charge in [-0.05, 0) is 12.1 Å². The van der Waals surface area contributed by atoms with Gasteiger partial charge in [-0.25, -0.2) is 4.39 Å². The van der Waals surface area contributed by atoms with Crippen molar-refractivity contribution in [3.05, 3.63) is 29.6 Å². The molecule has 0 atom stereocenters. The van der Waals surface area contributed by atoms with Crippen LogP contribution >= 0.6 is 0 Å². The smallest absolute Gasteiger partial charge is 0.143 e. The molecule has 0 heterocycles. The van der Waals surface area contributed by atoms with Crippen molar-refractivity contribution in [1.29, 1.82) is 5.26 Å². The molecule has 1 aromatic carbocycles. The molecule has 0 amide bonds. The van der Waals surface area contributed by atoms with E-state index in [2.05, 4.69) is 5.32 Å². The number of hydrogen-bond acceptors (Lipinski definition) is 3. The molecule has 1 aromatic rings. The summed E-state index contributed by atoms with van der Waals surface area (Å²) in [5.41, 5.74) is 0.549. The lowest BCUT2D eigenvalue weighted by Crippen LogP contribution is -2.09. The molecule has 1 rings (SSSR count). The molecule has 1 N–H and O–H groups in total. The minimum absolute atomic E-state index is 0.0450. The third kappa shape index (κ3) is 2.44. The van der Waals surface area contributed by atoms with Crippen LogP contribution in [-0.4, -0.2) is 20.3 Å². The summed E-state index contributed by atoms with van der Waals surface area (Å²) in [6.45, 7) is 1.07. The zero-order valence-electron chi connectivity index (χ0n) is 7.88. The quantitative estimate of drug-likeness (QED) is 0.743. The third-order valence-electron chi connectivity index (χ3n) is 1.75. The first-order valence-corrected chi connectivity index (χ1v) is 4.21. The van der Waals surface area contributed by atoms with Crippen LogP contribution < -0.4 is 5.32 Å². The molecule has 0 radical (unpaired) electrons. The van der Waals surface area contributed by atoms with Gasteiger partial charge in [0.05, 0.1) is 12.3 Å². The van der Waals surface area contributed by atoms with Gasteiger partial charge in [0.2, 0.25) is 0 Å². The van der Waals surface area contributed by atoms with Crippen molar-refractivity contribution in [2.45, 2.75) is 0 Å². The Kier molecular flexibility index (Phi) is 3.89. The Bertz CT molecular complexity index is 346. The maximum Gasteiger partial charge on any atom is 0.143 e. The van der Waals surface area contributed by atoms with Gasteiger partial charge < -0.3 is 10.1 Å². The fourth-order valence-electron chi connectivity index (χ4n) is 1.07. The van der Waals surface area contributed by atoms with Crippen molar-refractivity contribution < 1.29 is 9.13 Å². The van der Waals surface area contributed by atoms with E-state index in [0.717, 1.165) is 0 Å². The van der Waals surface area contributed by atoms with Gasteiger partial charge in [0.15, 0.2) is 0 Å². The average molecular weight is 194 g/mol. The summed E-state index contributed by atoms with van der Waals surface area (Å²) in [6, 6.07) is 6.30. The SMILES string of the molecule is COCCNc1cccc(F)c1C#N. The number of halogens is 1. The average Bonchev–Trinajstić information content (AvgIpc) is 2.18. The number of methoxy groups -OCH3 is 1. The van der Waals surface area contributed by atoms with Crippen molar-refractivity contribution in [3.8, 4) is 6.07 Å². The number of rotatable bonds is 4. The van der Waals surface area contributed by atoms with Crippen LogP contribution in [0.2, 0.25) is 0 Å². The van der Waals surface area contributed by atoms with Crippen LogP contribution in [-0.2, 0) is 4.74 Å². The van der Waals surface area contributed by atoms with Gasteiger partial charge in [-0.1, -0.05) is 6.07 Å². The van der Waals surface area contributed by atoms with E-state index in [1.807, 2.05) is 6.07 Å². The highest BCUT2D eigenvalue weighted by Gasteiger charge is 2.05. The highest BCUT2D eigenvalue weighted by atomic mass is 19.1. The summed E-state index contributed by atoms with van der Waals surface area (Å²) >= 11 is 0. The number of anilines is 1. The molecule has 0 aliphatic carbocycles. The number of nitrogens with zero attached hydrogens (tertiary/aromatic N) is 1. The maximum atomic E-state index is 13.1. The van der Waals surface area contributed by atoms with Crippen LogP contribution in [0.1, 0.15) is 5.56 Å². The minimum atomic E-state index is -0.505. The van der Waals surface area contributed by atoms with Crippen LogP contribution in [0.3, 0.4) is 0 Å². The Morgan fingerprint density at radius 1 is 1.57 bits per heavy atom. The number of nitrogens with one attached hydrogen (secondary N) is 1. The number of benzene rings is 1. The van der Waals surface area contributed by atoms with Gasteiger partial charge in [0.1, 0.15) is 17.4 Å². The molecule has 0 aliphatic rings. The van der Waals surface area contributed by atoms with E-state index in [0.29, 0.717) is 18.8 Å². The second kappa shape index (κ2) is 5.20. The molecule has 0 spiro atoms. The first-order chi connectivity index (χ1) is 6.79. The van der Waals surface area contributed by atoms with Gasteiger partial charge in [-0.3, -0.25) is 0 Å². The Morgan fingerprint density at radius 3 is 3.00 bits per heavy atom. The number of ether oxygens (including phenoxy) is 1. The molecule has 0 aromatic heterocycles. The zero-order valence-corrected chi connectivity index (χ0v) is 7.88. The predicted octanol–water partition coefficient (Wildman–Crippen LogP) is 1.76. The highest BCUT2D eigenvalue weighted by molar-refractivity contribution is 5.57. The molecular formula is C10H11FN2O. The molecule has 74 valence electrons. The first kappa shape index (κ1) is 10.5. The standard InChI is InChI=1S/C10H11FN2O/c1-14-6-5-13-10-4-2-3-9(11)8(10)7-12/h2-4,13H,5-6H2,1H3. The van der Waals surface area contributed by atoms with Crippen LogP contribution in [0, 0.1) is 17.1 Å². The molecule has 0 bridgehead atoms. The third-order valence-corrected chi connectivity index (χ3v) is 1.75. The fourth-order valence-corrected chi connectivity index (χ4v) is 1.07. The lowest BCUT2D eigenvalue weighted by molar-refractivity contribution is 0.211. The van der Waals surface area contributed by atoms with E-state index in [9.17, 15) is 4.39 Å². The largest absolute Gasteiger partial charge is 0.383 e. The normalized spacial score (nSPS) is 9.50. The number of hydrogen-bond donors (Lipinski definition) is 1. The summed E-state index contributed by atoms with van der Waals surface area (Å²) in [6.07, 6.45) is 0. The van der Waals surface area contributed by atoms with Crippen LogP contribution in [0.15, 0.2) is 18.2 Å². The van der Waals surface area contributed by atoms with E-state index >= 15 is 0 Å². The van der Waals surface area contributed by atoms with Crippen molar-refractivity contribution in [3.63, 3.8) is 0 Å². The number of nitriles is 1. The molecule has 3 nitrogen and oxygen atoms in total. The van der Waals surface area contributed by atoms with Gasteiger partial charge in [-0.15, -0.1) is 0 Å². The maximum absolute atomic E-state index is 13.1. The molecule has 4 heteroatoms. The second-order valence-corrected chi connectivity index (χ2v) is 2.69. The molecule has 14 heavy (non-hydrogen) atoms. The van der Waals surface area contributed by atoms with Crippen molar-refractivity contribution in [2.24, 2.45) is 0 Å². The first-order valence-electron chi connectivity index (χ1n) is 4.21. The summed E-state index contributed by atoms with van der Waals surface area (Å²) in [7, 11) is 1.58. The zero-order chi connectivity index (χ0) is 10.4. The summed E-state index contributed by atoms with van der Waals surface area (Å²) in [5, 5.41) is 11.6. The molecular weight excluding hydrogens is 183 g/mol. The summed E-state index contributed by atoms with van der Waals surface area (Å²) in [5.74, 6) is -0.505. The monoisotopic (exact) mass is 194 g/mol. The molecule has 0 aliphatic heterocycles. The van der Waals surface area contributed by atoms with Crippen LogP contribution in [0.25, 0.3) is 0 Å². The van der Waals surface area contributed by atoms with Gasteiger partial charge in [0, 0.05) is 13.7 Å². The Labute approximate surface area is 82.1 Å². The summed E-state index contributed by atoms with van der Waals surface area (Å²) < 4.78 is 17.9. The van der Waals surface area contributed by atoms with Gasteiger partial charge >= 0.3 is 0 Å². The van der Waals surface area contributed by atoms with Gasteiger partial charge in [-0.2, -0.15) is 5.26 Å². The Morgan fingerprint density at radius 2 is 2.36 bits per heavy atom. The molecule has 0 saturated carbocycles. The minimum Gasteiger partial charge on any atom is -0.383 e. The molecule has 0 unspecified atom stereocenters. The lowest BCUT2D eigenvalue weighted by atomic mass is 10.2. The van der Waals surface area contributed by atoms with E-state index in [1.54, 1.807) is 19.2 Å². The van der Waals surface area contributed by atoms with Crippen molar-refractivity contribution in [1.82, 2.24) is 0 Å². The Hall–Kier alpha value is -1.60. The second-order valence-electron chi connectivity index (χ2n) is 2.69. The Balaban J connectivity index is 2.76. The molecule has 0 fully saturated rings. The van der Waals surface area contributed by atoms with Gasteiger partial charge in [0.25, 0.3) is 0 Å². The lowest BCUT2D eigenvalue weighted by Gasteiger charge is -2.07. The van der Waals surface area contributed by atoms with E-state index in [1.165, 1.54) is 6.07 Å². The predicted molar refractivity (Wildman–Crippen MR) is 51.5 cm³/mol. The molecule has 0 saturated heterocycles.